The third-order valence-electron chi connectivity index (χ3n) is 3.83. The first-order chi connectivity index (χ1) is 10.7. The van der Waals surface area contributed by atoms with E-state index in [9.17, 15) is 4.79 Å². The molecule has 3 rings (SSSR count). The molecule has 1 saturated carbocycles. The zero-order valence-electron chi connectivity index (χ0n) is 12.6. The summed E-state index contributed by atoms with van der Waals surface area (Å²) in [5, 5.41) is 8.02. The first kappa shape index (κ1) is 15.4. The Labute approximate surface area is 139 Å². The maximum Gasteiger partial charge on any atom is 0.315 e. The van der Waals surface area contributed by atoms with Gasteiger partial charge in [-0.1, -0.05) is 18.2 Å². The molecule has 0 aliphatic heterocycles. The molecule has 0 atom stereocenters. The maximum atomic E-state index is 11.9. The molecule has 116 valence electrons. The van der Waals surface area contributed by atoms with Gasteiger partial charge in [-0.15, -0.1) is 23.1 Å². The van der Waals surface area contributed by atoms with Gasteiger partial charge in [-0.2, -0.15) is 0 Å². The summed E-state index contributed by atoms with van der Waals surface area (Å²) in [6.45, 7) is 3.40. The number of amides is 2. The second-order valence-corrected chi connectivity index (χ2v) is 8.20. The molecule has 0 bridgehead atoms. The highest BCUT2D eigenvalue weighted by Crippen LogP contribution is 2.51. The summed E-state index contributed by atoms with van der Waals surface area (Å²) in [6.07, 6.45) is 2.33. The van der Waals surface area contributed by atoms with E-state index in [0.29, 0.717) is 6.54 Å². The topological polar surface area (TPSA) is 41.1 Å². The molecular weight excluding hydrogens is 312 g/mol. The minimum Gasteiger partial charge on any atom is -0.337 e. The SMILES string of the molecule is Cc1ccsc1CNC(=O)NCC1(Sc2ccccc2)CC1. The zero-order valence-corrected chi connectivity index (χ0v) is 14.2. The van der Waals surface area contributed by atoms with Crippen molar-refractivity contribution in [3.8, 4) is 0 Å². The second-order valence-electron chi connectivity index (χ2n) is 5.66. The van der Waals surface area contributed by atoms with Crippen molar-refractivity contribution in [2.24, 2.45) is 0 Å². The van der Waals surface area contributed by atoms with E-state index < -0.39 is 0 Å². The third kappa shape index (κ3) is 4.05. The number of hydrogen-bond acceptors (Lipinski definition) is 3. The number of urea groups is 1. The van der Waals surface area contributed by atoms with Gasteiger partial charge in [0.1, 0.15) is 0 Å². The summed E-state index contributed by atoms with van der Waals surface area (Å²) in [5.41, 5.74) is 1.24. The van der Waals surface area contributed by atoms with Crippen molar-refractivity contribution >= 4 is 29.1 Å². The molecule has 0 spiro atoms. The normalized spacial score (nSPS) is 15.3. The Balaban J connectivity index is 1.44. The van der Waals surface area contributed by atoms with Gasteiger partial charge in [0.2, 0.25) is 0 Å². The van der Waals surface area contributed by atoms with Crippen LogP contribution in [0.2, 0.25) is 0 Å². The molecule has 1 fully saturated rings. The molecule has 2 aromatic rings. The predicted octanol–water partition coefficient (Wildman–Crippen LogP) is 4.18. The Morgan fingerprint density at radius 2 is 2.00 bits per heavy atom. The lowest BCUT2D eigenvalue weighted by Gasteiger charge is -2.16. The van der Waals surface area contributed by atoms with Crippen molar-refractivity contribution in [2.75, 3.05) is 6.54 Å². The predicted molar refractivity (Wildman–Crippen MR) is 93.6 cm³/mol. The van der Waals surface area contributed by atoms with Gasteiger partial charge in [0.15, 0.2) is 0 Å². The molecule has 0 radical (unpaired) electrons. The molecule has 1 aromatic carbocycles. The summed E-state index contributed by atoms with van der Waals surface area (Å²) in [4.78, 5) is 14.4. The maximum absolute atomic E-state index is 11.9. The number of thiophene rings is 1. The van der Waals surface area contributed by atoms with E-state index in [-0.39, 0.29) is 10.8 Å². The average molecular weight is 332 g/mol. The van der Waals surface area contributed by atoms with E-state index in [4.69, 9.17) is 0 Å². The number of benzene rings is 1. The van der Waals surface area contributed by atoms with Crippen molar-refractivity contribution in [1.82, 2.24) is 10.6 Å². The van der Waals surface area contributed by atoms with Gasteiger partial charge in [-0.25, -0.2) is 4.79 Å². The summed E-state index contributed by atoms with van der Waals surface area (Å²) in [6, 6.07) is 12.4. The molecule has 2 amide bonds. The Hall–Kier alpha value is -1.46. The summed E-state index contributed by atoms with van der Waals surface area (Å²) in [7, 11) is 0. The molecule has 1 aromatic heterocycles. The van der Waals surface area contributed by atoms with Gasteiger partial charge < -0.3 is 10.6 Å². The summed E-state index contributed by atoms with van der Waals surface area (Å²) >= 11 is 3.56. The van der Waals surface area contributed by atoms with Crippen LogP contribution in [-0.2, 0) is 6.54 Å². The Kier molecular flexibility index (Phi) is 4.74. The highest BCUT2D eigenvalue weighted by atomic mass is 32.2. The molecule has 22 heavy (non-hydrogen) atoms. The van der Waals surface area contributed by atoms with Crippen molar-refractivity contribution in [3.05, 3.63) is 52.2 Å². The van der Waals surface area contributed by atoms with Crippen LogP contribution in [0.15, 0.2) is 46.7 Å². The number of nitrogens with one attached hydrogen (secondary N) is 2. The van der Waals surface area contributed by atoms with Crippen LogP contribution in [0.5, 0.6) is 0 Å². The van der Waals surface area contributed by atoms with Crippen molar-refractivity contribution in [3.63, 3.8) is 0 Å². The van der Waals surface area contributed by atoms with E-state index in [1.807, 2.05) is 17.8 Å². The molecule has 0 saturated heterocycles. The van der Waals surface area contributed by atoms with Crippen LogP contribution in [0, 0.1) is 6.92 Å². The van der Waals surface area contributed by atoms with Crippen molar-refractivity contribution in [2.45, 2.75) is 36.0 Å². The highest BCUT2D eigenvalue weighted by Gasteiger charge is 2.43. The van der Waals surface area contributed by atoms with E-state index in [1.54, 1.807) is 11.3 Å². The van der Waals surface area contributed by atoms with Crippen LogP contribution < -0.4 is 10.6 Å². The molecule has 3 nitrogen and oxygen atoms in total. The lowest BCUT2D eigenvalue weighted by atomic mass is 10.3. The fourth-order valence-corrected chi connectivity index (χ4v) is 4.33. The van der Waals surface area contributed by atoms with Crippen LogP contribution in [0.1, 0.15) is 23.3 Å². The van der Waals surface area contributed by atoms with Gasteiger partial charge in [-0.3, -0.25) is 0 Å². The number of thioether (sulfide) groups is 1. The molecule has 0 unspecified atom stereocenters. The molecule has 1 aliphatic rings. The highest BCUT2D eigenvalue weighted by molar-refractivity contribution is 8.01. The van der Waals surface area contributed by atoms with Crippen molar-refractivity contribution in [1.29, 1.82) is 0 Å². The smallest absolute Gasteiger partial charge is 0.315 e. The van der Waals surface area contributed by atoms with E-state index in [2.05, 4.69) is 53.3 Å². The largest absolute Gasteiger partial charge is 0.337 e. The first-order valence-electron chi connectivity index (χ1n) is 7.46. The van der Waals surface area contributed by atoms with Crippen LogP contribution in [-0.4, -0.2) is 17.3 Å². The van der Waals surface area contributed by atoms with Gasteiger partial charge in [-0.05, 0) is 48.9 Å². The Morgan fingerprint density at radius 3 is 2.64 bits per heavy atom. The average Bonchev–Trinajstić information content (AvgIpc) is 3.17. The lowest BCUT2D eigenvalue weighted by molar-refractivity contribution is 0.240. The molecule has 2 N–H and O–H groups in total. The summed E-state index contributed by atoms with van der Waals surface area (Å²) < 4.78 is 0.192. The summed E-state index contributed by atoms with van der Waals surface area (Å²) in [5.74, 6) is 0. The second kappa shape index (κ2) is 6.75. The number of aryl methyl sites for hydroxylation is 1. The molecule has 1 aliphatic carbocycles. The monoisotopic (exact) mass is 332 g/mol. The van der Waals surface area contributed by atoms with Crippen molar-refractivity contribution < 1.29 is 4.79 Å². The van der Waals surface area contributed by atoms with E-state index in [1.165, 1.54) is 15.3 Å². The standard InChI is InChI=1S/C17H20N2OS2/c1-13-7-10-21-15(13)11-18-16(20)19-12-17(8-9-17)22-14-5-3-2-4-6-14/h2-7,10H,8-9,11-12H2,1H3,(H2,18,19,20). The first-order valence-corrected chi connectivity index (χ1v) is 9.15. The number of carbonyl (C=O) groups is 1. The van der Waals surface area contributed by atoms with Crippen LogP contribution in [0.25, 0.3) is 0 Å². The van der Waals surface area contributed by atoms with Crippen LogP contribution >= 0.6 is 23.1 Å². The minimum atomic E-state index is -0.0762. The number of carbonyl (C=O) groups excluding carboxylic acids is 1. The van der Waals surface area contributed by atoms with Gasteiger partial charge in [0, 0.05) is 21.1 Å². The van der Waals surface area contributed by atoms with E-state index >= 15 is 0 Å². The fourth-order valence-electron chi connectivity index (χ4n) is 2.24. The minimum absolute atomic E-state index is 0.0762. The zero-order chi connectivity index (χ0) is 15.4. The quantitative estimate of drug-likeness (QED) is 0.833. The Morgan fingerprint density at radius 1 is 1.23 bits per heavy atom. The molecule has 5 heteroatoms. The van der Waals surface area contributed by atoms with Gasteiger partial charge >= 0.3 is 6.03 Å². The number of hydrogen-bond donors (Lipinski definition) is 2. The lowest BCUT2D eigenvalue weighted by Crippen LogP contribution is -2.39. The van der Waals surface area contributed by atoms with Gasteiger partial charge in [0.25, 0.3) is 0 Å². The third-order valence-corrected chi connectivity index (χ3v) is 6.35. The van der Waals surface area contributed by atoms with E-state index in [0.717, 1.165) is 19.4 Å². The molecular formula is C17H20N2OS2. The van der Waals surface area contributed by atoms with Gasteiger partial charge in [0.05, 0.1) is 6.54 Å². The van der Waals surface area contributed by atoms with Crippen LogP contribution in [0.4, 0.5) is 4.79 Å². The molecule has 1 heterocycles. The Bertz CT molecular complexity index is 635. The van der Waals surface area contributed by atoms with Crippen LogP contribution in [0.3, 0.4) is 0 Å². The fraction of sp³-hybridized carbons (Fsp3) is 0.353. The number of rotatable bonds is 6.